The normalized spacial score (nSPS) is 16.7. The van der Waals surface area contributed by atoms with Crippen molar-refractivity contribution in [3.63, 3.8) is 0 Å². The van der Waals surface area contributed by atoms with Crippen molar-refractivity contribution in [2.45, 2.75) is 68.8 Å². The molecule has 2 aliphatic carbocycles. The molecule has 4 aromatic rings. The first-order valence-corrected chi connectivity index (χ1v) is 15.0. The molecule has 2 saturated carbocycles. The van der Waals surface area contributed by atoms with Gasteiger partial charge in [0, 0.05) is 18.9 Å². The molecule has 0 aromatic carbocycles. The van der Waals surface area contributed by atoms with E-state index in [9.17, 15) is 9.35 Å². The molecule has 12 heteroatoms. The summed E-state index contributed by atoms with van der Waals surface area (Å²) in [6.45, 7) is 4.39. The van der Waals surface area contributed by atoms with Crippen LogP contribution in [0.25, 0.3) is 22.6 Å². The quantitative estimate of drug-likeness (QED) is 0.269. The van der Waals surface area contributed by atoms with Crippen LogP contribution in [-0.4, -0.2) is 58.5 Å². The molecule has 0 spiro atoms. The fourth-order valence-corrected chi connectivity index (χ4v) is 5.65. The Morgan fingerprint density at radius 2 is 1.80 bits per heavy atom. The lowest BCUT2D eigenvalue weighted by Gasteiger charge is -2.19. The lowest BCUT2D eigenvalue weighted by Crippen LogP contribution is -2.30. The van der Waals surface area contributed by atoms with E-state index in [1.165, 1.54) is 0 Å². The summed E-state index contributed by atoms with van der Waals surface area (Å²) in [4.78, 5) is 42.3. The molecule has 4 aromatic heterocycles. The second-order valence-corrected chi connectivity index (χ2v) is 12.1. The number of aromatic nitrogens is 7. The molecular formula is C28H32N8O3S. The highest BCUT2D eigenvalue weighted by atomic mass is 32.2. The lowest BCUT2D eigenvalue weighted by atomic mass is 10.0. The van der Waals surface area contributed by atoms with E-state index in [2.05, 4.69) is 25.3 Å². The number of hydrogen-bond acceptors (Lipinski definition) is 10. The Labute approximate surface area is 235 Å². The van der Waals surface area contributed by atoms with Crippen molar-refractivity contribution >= 4 is 28.2 Å². The fourth-order valence-electron chi connectivity index (χ4n) is 4.93. The van der Waals surface area contributed by atoms with Gasteiger partial charge in [-0.2, -0.15) is 0 Å². The van der Waals surface area contributed by atoms with Gasteiger partial charge in [0.15, 0.2) is 22.2 Å². The van der Waals surface area contributed by atoms with Crippen LogP contribution in [0.15, 0.2) is 40.5 Å². The molecule has 2 fully saturated rings. The monoisotopic (exact) mass is 560 g/mol. The van der Waals surface area contributed by atoms with Crippen LogP contribution in [0.3, 0.4) is 0 Å². The summed E-state index contributed by atoms with van der Waals surface area (Å²) in [5.74, 6) is 2.04. The molecule has 208 valence electrons. The van der Waals surface area contributed by atoms with Gasteiger partial charge in [-0.3, -0.25) is 14.3 Å². The summed E-state index contributed by atoms with van der Waals surface area (Å²) < 4.78 is 19.1. The number of hydrogen-bond donors (Lipinski definition) is 1. The van der Waals surface area contributed by atoms with Crippen LogP contribution in [0.1, 0.15) is 74.5 Å². The standard InChI is InChI=1S/C28H32N8O3S/c1-4-40(38)20-10-9-19(29-12-20)11-30-26-28(37)36(16(2)14-39-3)27-21(34-26)13-31-25(35-27)22-23(17-5-6-17)32-15-33-24(22)18-7-8-18/h9-10,12-13,15-18H,4-8,11,14H2,1-3H3,(H,30,34). The molecule has 0 amide bonds. The maximum Gasteiger partial charge on any atom is 0.295 e. The van der Waals surface area contributed by atoms with Crippen molar-refractivity contribution in [1.82, 2.24) is 34.5 Å². The first kappa shape index (κ1) is 26.7. The molecule has 40 heavy (non-hydrogen) atoms. The average Bonchev–Trinajstić information content (AvgIpc) is 3.89. The van der Waals surface area contributed by atoms with Crippen LogP contribution in [0.2, 0.25) is 0 Å². The molecule has 1 N–H and O–H groups in total. The van der Waals surface area contributed by atoms with Gasteiger partial charge >= 0.3 is 0 Å². The highest BCUT2D eigenvalue weighted by molar-refractivity contribution is 7.91. The third-order valence-electron chi connectivity index (χ3n) is 7.30. The van der Waals surface area contributed by atoms with Crippen molar-refractivity contribution in [3.8, 4) is 11.4 Å². The Morgan fingerprint density at radius 1 is 1.07 bits per heavy atom. The number of methoxy groups -OCH3 is 1. The van der Waals surface area contributed by atoms with Crippen molar-refractivity contribution in [1.29, 1.82) is 0 Å². The van der Waals surface area contributed by atoms with E-state index < -0.39 is 11.2 Å². The van der Waals surface area contributed by atoms with Crippen molar-refractivity contribution in [2.24, 2.45) is 0 Å². The summed E-state index contributed by atoms with van der Waals surface area (Å²) in [6, 6.07) is 3.30. The fraction of sp³-hybridized carbons (Fsp3) is 0.464. The predicted molar refractivity (Wildman–Crippen MR) is 152 cm³/mol. The smallest absolute Gasteiger partial charge is 0.295 e. The Morgan fingerprint density at radius 3 is 2.40 bits per heavy atom. The maximum absolute atomic E-state index is 13.8. The number of anilines is 1. The van der Waals surface area contributed by atoms with Gasteiger partial charge in [-0.05, 0) is 62.8 Å². The van der Waals surface area contributed by atoms with Crippen LogP contribution in [0, 0.1) is 0 Å². The van der Waals surface area contributed by atoms with Crippen molar-refractivity contribution in [3.05, 3.63) is 58.3 Å². The number of fused-ring (bicyclic) bond motifs is 1. The van der Waals surface area contributed by atoms with E-state index in [-0.39, 0.29) is 24.0 Å². The van der Waals surface area contributed by atoms with E-state index in [0.29, 0.717) is 51.8 Å². The molecular weight excluding hydrogens is 528 g/mol. The molecule has 2 atom stereocenters. The van der Waals surface area contributed by atoms with Crippen LogP contribution in [0.4, 0.5) is 5.82 Å². The zero-order valence-electron chi connectivity index (χ0n) is 22.8. The molecule has 2 unspecified atom stereocenters. The van der Waals surface area contributed by atoms with Gasteiger partial charge in [0.25, 0.3) is 5.56 Å². The molecule has 0 saturated heterocycles. The van der Waals surface area contributed by atoms with E-state index >= 15 is 0 Å². The zero-order chi connectivity index (χ0) is 27.8. The van der Waals surface area contributed by atoms with Crippen LogP contribution in [0.5, 0.6) is 0 Å². The van der Waals surface area contributed by atoms with Crippen molar-refractivity contribution in [2.75, 3.05) is 24.8 Å². The van der Waals surface area contributed by atoms with Gasteiger partial charge in [0.2, 0.25) is 0 Å². The number of pyridine rings is 1. The van der Waals surface area contributed by atoms with Gasteiger partial charge in [-0.15, -0.1) is 0 Å². The SMILES string of the molecule is CC[S+]([O-])c1ccc(CNc2nc3cnc(-c4c(C5CC5)ncnc4C4CC4)nc3n(C(C)COC)c2=O)nc1. The maximum atomic E-state index is 13.8. The Kier molecular flexibility index (Phi) is 7.47. The van der Waals surface area contributed by atoms with Gasteiger partial charge < -0.3 is 14.6 Å². The molecule has 2 aliphatic rings. The molecule has 11 nitrogen and oxygen atoms in total. The van der Waals surface area contributed by atoms with Gasteiger partial charge in [-0.1, -0.05) is 0 Å². The number of nitrogens with zero attached hydrogens (tertiary/aromatic N) is 7. The molecule has 0 bridgehead atoms. The number of nitrogens with one attached hydrogen (secondary N) is 1. The van der Waals surface area contributed by atoms with E-state index in [1.54, 1.807) is 42.5 Å². The van der Waals surface area contributed by atoms with E-state index in [1.807, 2.05) is 13.8 Å². The zero-order valence-corrected chi connectivity index (χ0v) is 23.6. The van der Waals surface area contributed by atoms with Crippen molar-refractivity contribution < 1.29 is 9.29 Å². The van der Waals surface area contributed by atoms with Gasteiger partial charge in [0.1, 0.15) is 17.6 Å². The third kappa shape index (κ3) is 5.30. The topological polar surface area (TPSA) is 144 Å². The largest absolute Gasteiger partial charge is 0.611 e. The van der Waals surface area contributed by atoms with Crippen LogP contribution < -0.4 is 10.9 Å². The van der Waals surface area contributed by atoms with Gasteiger partial charge in [-0.25, -0.2) is 24.9 Å². The van der Waals surface area contributed by atoms with E-state index in [0.717, 1.165) is 42.6 Å². The highest BCUT2D eigenvalue weighted by Crippen LogP contribution is 2.48. The van der Waals surface area contributed by atoms with Crippen LogP contribution >= 0.6 is 0 Å². The summed E-state index contributed by atoms with van der Waals surface area (Å²) in [6.07, 6.45) is 9.34. The van der Waals surface area contributed by atoms with Crippen LogP contribution in [-0.2, 0) is 22.5 Å². The Balaban J connectivity index is 1.39. The lowest BCUT2D eigenvalue weighted by molar-refractivity contribution is 0.162. The van der Waals surface area contributed by atoms with E-state index in [4.69, 9.17) is 14.7 Å². The average molecular weight is 561 g/mol. The number of ether oxygens (including phenoxy) is 1. The second kappa shape index (κ2) is 11.2. The Hall–Kier alpha value is -3.48. The molecule has 0 aliphatic heterocycles. The first-order chi connectivity index (χ1) is 19.5. The first-order valence-electron chi connectivity index (χ1n) is 13.7. The third-order valence-corrected chi connectivity index (χ3v) is 8.59. The molecule has 6 rings (SSSR count). The number of rotatable bonds is 11. The second-order valence-electron chi connectivity index (χ2n) is 10.4. The highest BCUT2D eigenvalue weighted by Gasteiger charge is 2.35. The minimum absolute atomic E-state index is 0.176. The minimum atomic E-state index is -1.07. The van der Waals surface area contributed by atoms with Gasteiger partial charge in [0.05, 0.1) is 54.2 Å². The minimum Gasteiger partial charge on any atom is -0.611 e. The summed E-state index contributed by atoms with van der Waals surface area (Å²) >= 11 is -1.07. The Bertz CT molecular complexity index is 1560. The summed E-state index contributed by atoms with van der Waals surface area (Å²) in [5, 5.41) is 3.13. The summed E-state index contributed by atoms with van der Waals surface area (Å²) in [7, 11) is 1.61. The summed E-state index contributed by atoms with van der Waals surface area (Å²) in [5.41, 5.74) is 4.25. The molecule has 4 heterocycles. The predicted octanol–water partition coefficient (Wildman–Crippen LogP) is 3.74. The molecule has 0 radical (unpaired) electrons.